The number of carbonyl (C=O) groups is 1. The lowest BCUT2D eigenvalue weighted by Crippen LogP contribution is -2.29. The van der Waals surface area contributed by atoms with E-state index in [1.807, 2.05) is 30.3 Å². The zero-order valence-electron chi connectivity index (χ0n) is 14.8. The number of para-hydroxylation sites is 1. The van der Waals surface area contributed by atoms with Crippen molar-refractivity contribution in [3.63, 3.8) is 0 Å². The summed E-state index contributed by atoms with van der Waals surface area (Å²) in [5, 5.41) is 7.40. The molecule has 1 aliphatic carbocycles. The lowest BCUT2D eigenvalue weighted by Gasteiger charge is -2.15. The highest BCUT2D eigenvalue weighted by Crippen LogP contribution is 2.39. The maximum absolute atomic E-state index is 14.0. The molecule has 0 saturated heterocycles. The second-order valence-corrected chi connectivity index (χ2v) is 6.84. The molecule has 1 amide bonds. The van der Waals surface area contributed by atoms with Crippen molar-refractivity contribution in [2.75, 3.05) is 0 Å². The summed E-state index contributed by atoms with van der Waals surface area (Å²) in [5.41, 5.74) is 2.31. The average Bonchev–Trinajstić information content (AvgIpc) is 3.40. The summed E-state index contributed by atoms with van der Waals surface area (Å²) in [5.74, 6) is -1.29. The molecule has 1 aliphatic rings. The molecular weight excluding hydrogens is 348 g/mol. The van der Waals surface area contributed by atoms with Crippen molar-refractivity contribution in [2.45, 2.75) is 31.7 Å². The van der Waals surface area contributed by atoms with Crippen LogP contribution in [0.1, 0.15) is 53.5 Å². The van der Waals surface area contributed by atoms with E-state index >= 15 is 0 Å². The Labute approximate surface area is 155 Å². The average molecular weight is 367 g/mol. The molecule has 6 heteroatoms. The largest absolute Gasteiger partial charge is 0.344 e. The van der Waals surface area contributed by atoms with Gasteiger partial charge in [-0.2, -0.15) is 5.10 Å². The van der Waals surface area contributed by atoms with E-state index in [0.717, 1.165) is 30.3 Å². The zero-order chi connectivity index (χ0) is 19.0. The number of benzene rings is 2. The number of hydrogen-bond acceptors (Lipinski definition) is 2. The topological polar surface area (TPSA) is 46.9 Å². The third-order valence-corrected chi connectivity index (χ3v) is 4.73. The number of rotatable bonds is 5. The Kier molecular flexibility index (Phi) is 4.48. The van der Waals surface area contributed by atoms with E-state index in [1.54, 1.807) is 17.7 Å². The Morgan fingerprint density at radius 2 is 1.89 bits per heavy atom. The van der Waals surface area contributed by atoms with Crippen molar-refractivity contribution in [1.82, 2.24) is 15.1 Å². The molecule has 1 aromatic heterocycles. The maximum atomic E-state index is 14.0. The number of hydrogen-bond donors (Lipinski definition) is 1. The first-order valence-electron chi connectivity index (χ1n) is 8.94. The van der Waals surface area contributed by atoms with Crippen molar-refractivity contribution in [2.24, 2.45) is 0 Å². The molecule has 3 aromatic rings. The molecule has 0 radical (unpaired) electrons. The van der Waals surface area contributed by atoms with E-state index in [-0.39, 0.29) is 11.5 Å². The number of amides is 1. The van der Waals surface area contributed by atoms with E-state index in [4.69, 9.17) is 0 Å². The third-order valence-electron chi connectivity index (χ3n) is 4.73. The van der Waals surface area contributed by atoms with E-state index in [9.17, 15) is 13.6 Å². The van der Waals surface area contributed by atoms with E-state index < -0.39 is 17.7 Å². The summed E-state index contributed by atoms with van der Waals surface area (Å²) in [6.45, 7) is 1.67. The smallest absolute Gasteiger partial charge is 0.270 e. The molecule has 0 aliphatic heterocycles. The number of halogens is 2. The van der Waals surface area contributed by atoms with Gasteiger partial charge in [0.05, 0.1) is 17.4 Å². The van der Waals surface area contributed by atoms with Crippen molar-refractivity contribution in [1.29, 1.82) is 0 Å². The maximum Gasteiger partial charge on any atom is 0.270 e. The number of nitrogens with one attached hydrogen (secondary N) is 1. The fourth-order valence-electron chi connectivity index (χ4n) is 3.11. The Morgan fingerprint density at radius 3 is 2.56 bits per heavy atom. The van der Waals surface area contributed by atoms with Crippen LogP contribution in [0, 0.1) is 11.6 Å². The van der Waals surface area contributed by atoms with Crippen LogP contribution in [0.2, 0.25) is 0 Å². The Bertz CT molecular complexity index is 980. The van der Waals surface area contributed by atoms with Crippen LogP contribution in [0.15, 0.2) is 54.6 Å². The molecule has 4 nitrogen and oxygen atoms in total. The van der Waals surface area contributed by atoms with Gasteiger partial charge in [-0.15, -0.1) is 0 Å². The van der Waals surface area contributed by atoms with Gasteiger partial charge in [-0.1, -0.05) is 24.3 Å². The standard InChI is InChI=1S/C21H19F2N3O/c1-13(17-10-9-15(22)11-18(17)23)24-21(27)20-12-19(14-7-8-14)25-26(20)16-5-3-2-4-6-16/h2-6,9-14H,7-8H2,1H3,(H,24,27). The van der Waals surface area contributed by atoms with Gasteiger partial charge < -0.3 is 5.32 Å². The van der Waals surface area contributed by atoms with Crippen LogP contribution >= 0.6 is 0 Å². The van der Waals surface area contributed by atoms with Gasteiger partial charge in [0.2, 0.25) is 0 Å². The Hall–Kier alpha value is -3.02. The lowest BCUT2D eigenvalue weighted by molar-refractivity contribution is 0.0931. The van der Waals surface area contributed by atoms with Crippen LogP contribution < -0.4 is 5.32 Å². The fraction of sp³-hybridized carbons (Fsp3) is 0.238. The van der Waals surface area contributed by atoms with Gasteiger partial charge in [0.25, 0.3) is 5.91 Å². The molecule has 27 heavy (non-hydrogen) atoms. The first-order valence-corrected chi connectivity index (χ1v) is 8.94. The minimum absolute atomic E-state index is 0.234. The second kappa shape index (κ2) is 6.95. The fourth-order valence-corrected chi connectivity index (χ4v) is 3.11. The highest BCUT2D eigenvalue weighted by Gasteiger charge is 2.29. The first kappa shape index (κ1) is 17.4. The van der Waals surface area contributed by atoms with Crippen LogP contribution in [0.3, 0.4) is 0 Å². The van der Waals surface area contributed by atoms with Crippen molar-refractivity contribution >= 4 is 5.91 Å². The predicted molar refractivity (Wildman–Crippen MR) is 97.8 cm³/mol. The third kappa shape index (κ3) is 3.60. The molecule has 0 spiro atoms. The molecular formula is C21H19F2N3O. The SMILES string of the molecule is CC(NC(=O)c1cc(C2CC2)nn1-c1ccccc1)c1ccc(F)cc1F. The summed E-state index contributed by atoms with van der Waals surface area (Å²) in [6.07, 6.45) is 2.15. The van der Waals surface area contributed by atoms with Crippen LogP contribution in [-0.4, -0.2) is 15.7 Å². The van der Waals surface area contributed by atoms with E-state index in [0.29, 0.717) is 11.6 Å². The summed E-state index contributed by atoms with van der Waals surface area (Å²) in [7, 11) is 0. The first-order chi connectivity index (χ1) is 13.0. The molecule has 1 atom stereocenters. The van der Waals surface area contributed by atoms with E-state index in [2.05, 4.69) is 10.4 Å². The quantitative estimate of drug-likeness (QED) is 0.721. The Morgan fingerprint density at radius 1 is 1.15 bits per heavy atom. The summed E-state index contributed by atoms with van der Waals surface area (Å²) in [4.78, 5) is 12.9. The van der Waals surface area contributed by atoms with Gasteiger partial charge in [0.15, 0.2) is 0 Å². The van der Waals surface area contributed by atoms with Gasteiger partial charge >= 0.3 is 0 Å². The molecule has 1 heterocycles. The van der Waals surface area contributed by atoms with Crippen LogP contribution in [0.4, 0.5) is 8.78 Å². The van der Waals surface area contributed by atoms with Crippen molar-refractivity contribution in [3.8, 4) is 5.69 Å². The highest BCUT2D eigenvalue weighted by atomic mass is 19.1. The van der Waals surface area contributed by atoms with Gasteiger partial charge in [0.1, 0.15) is 17.3 Å². The van der Waals surface area contributed by atoms with Gasteiger partial charge in [0, 0.05) is 17.5 Å². The number of carbonyl (C=O) groups excluding carboxylic acids is 1. The molecule has 1 unspecified atom stereocenters. The van der Waals surface area contributed by atoms with Gasteiger partial charge in [-0.25, -0.2) is 13.5 Å². The monoisotopic (exact) mass is 367 g/mol. The molecule has 0 bridgehead atoms. The van der Waals surface area contributed by atoms with Crippen molar-refractivity contribution in [3.05, 3.63) is 83.2 Å². The van der Waals surface area contributed by atoms with Gasteiger partial charge in [-0.3, -0.25) is 4.79 Å². The molecule has 1 N–H and O–H groups in total. The summed E-state index contributed by atoms with van der Waals surface area (Å²) in [6, 6.07) is 14.0. The number of nitrogens with zero attached hydrogens (tertiary/aromatic N) is 2. The zero-order valence-corrected chi connectivity index (χ0v) is 14.8. The summed E-state index contributed by atoms with van der Waals surface area (Å²) >= 11 is 0. The number of aromatic nitrogens is 2. The molecule has 2 aromatic carbocycles. The van der Waals surface area contributed by atoms with Crippen LogP contribution in [0.25, 0.3) is 5.69 Å². The predicted octanol–water partition coefficient (Wildman–Crippen LogP) is 4.52. The summed E-state index contributed by atoms with van der Waals surface area (Å²) < 4.78 is 28.8. The normalized spacial score (nSPS) is 14.8. The van der Waals surface area contributed by atoms with Crippen LogP contribution in [-0.2, 0) is 0 Å². The molecule has 138 valence electrons. The minimum atomic E-state index is -0.682. The second-order valence-electron chi connectivity index (χ2n) is 6.84. The van der Waals surface area contributed by atoms with Gasteiger partial charge in [-0.05, 0) is 44.0 Å². The highest BCUT2D eigenvalue weighted by molar-refractivity contribution is 5.93. The molecule has 1 fully saturated rings. The lowest BCUT2D eigenvalue weighted by atomic mass is 10.1. The minimum Gasteiger partial charge on any atom is -0.344 e. The molecule has 1 saturated carbocycles. The van der Waals surface area contributed by atoms with Crippen molar-refractivity contribution < 1.29 is 13.6 Å². The van der Waals surface area contributed by atoms with E-state index in [1.165, 1.54) is 12.1 Å². The Balaban J connectivity index is 1.63. The van der Waals surface area contributed by atoms with Crippen LogP contribution in [0.5, 0.6) is 0 Å². The molecule has 4 rings (SSSR count).